The summed E-state index contributed by atoms with van der Waals surface area (Å²) in [7, 11) is -1.15. The van der Waals surface area contributed by atoms with Gasteiger partial charge in [-0.2, -0.15) is 0 Å². The van der Waals surface area contributed by atoms with Crippen LogP contribution in [-0.2, 0) is 16.4 Å². The summed E-state index contributed by atoms with van der Waals surface area (Å²) in [5.74, 6) is -0.0899. The Kier molecular flexibility index (Phi) is 6.62. The Morgan fingerprint density at radius 3 is 2.57 bits per heavy atom. The zero-order valence-corrected chi connectivity index (χ0v) is 18.0. The van der Waals surface area contributed by atoms with Crippen LogP contribution >= 0.6 is 0 Å². The number of hydrogen-bond acceptors (Lipinski definition) is 5. The van der Waals surface area contributed by atoms with Crippen LogP contribution in [0.4, 0.5) is 5.69 Å². The van der Waals surface area contributed by atoms with Crippen LogP contribution in [0.25, 0.3) is 0 Å². The van der Waals surface area contributed by atoms with E-state index in [0.717, 1.165) is 51.1 Å². The molecule has 28 heavy (non-hydrogen) atoms. The first-order valence-electron chi connectivity index (χ1n) is 10.1. The minimum Gasteiger partial charge on any atom is -0.352 e. The maximum Gasteiger partial charge on any atom is 0.251 e. The summed E-state index contributed by atoms with van der Waals surface area (Å²) < 4.78 is 25.4. The minimum atomic E-state index is -3.31. The SMILES string of the molecule is CC1Cc2cc(C(=O)NCCCCN3CCN(C)CC3)ccc2N1S(C)(=O)=O. The van der Waals surface area contributed by atoms with E-state index in [9.17, 15) is 13.2 Å². The lowest BCUT2D eigenvalue weighted by Crippen LogP contribution is -2.44. The molecule has 1 unspecified atom stereocenters. The van der Waals surface area contributed by atoms with Gasteiger partial charge in [0.2, 0.25) is 10.0 Å². The Hall–Kier alpha value is -1.64. The van der Waals surface area contributed by atoms with Gasteiger partial charge in [0.05, 0.1) is 11.9 Å². The van der Waals surface area contributed by atoms with E-state index in [0.29, 0.717) is 24.2 Å². The summed E-state index contributed by atoms with van der Waals surface area (Å²) in [5.41, 5.74) is 2.21. The number of unbranched alkanes of at least 4 members (excludes halogenated alkanes) is 1. The monoisotopic (exact) mass is 408 g/mol. The Labute approximate surface area is 168 Å². The number of anilines is 1. The molecule has 1 aromatic rings. The molecule has 2 aliphatic rings. The van der Waals surface area contributed by atoms with Crippen LogP contribution in [0, 0.1) is 0 Å². The number of carbonyl (C=O) groups excluding carboxylic acids is 1. The number of piperazine rings is 1. The molecule has 7 nitrogen and oxygen atoms in total. The van der Waals surface area contributed by atoms with Gasteiger partial charge in [-0.1, -0.05) is 0 Å². The highest BCUT2D eigenvalue weighted by Gasteiger charge is 2.32. The highest BCUT2D eigenvalue weighted by atomic mass is 32.2. The van der Waals surface area contributed by atoms with Crippen molar-refractivity contribution in [3.8, 4) is 0 Å². The zero-order valence-electron chi connectivity index (χ0n) is 17.1. The number of rotatable bonds is 7. The molecular formula is C20H32N4O3S. The second-order valence-electron chi connectivity index (χ2n) is 8.06. The lowest BCUT2D eigenvalue weighted by molar-refractivity contribution is 0.0952. The zero-order chi connectivity index (χ0) is 20.3. The van der Waals surface area contributed by atoms with Crippen molar-refractivity contribution in [2.45, 2.75) is 32.2 Å². The number of hydrogen-bond donors (Lipinski definition) is 1. The number of fused-ring (bicyclic) bond motifs is 1. The molecule has 156 valence electrons. The Morgan fingerprint density at radius 1 is 1.18 bits per heavy atom. The maximum atomic E-state index is 12.4. The summed E-state index contributed by atoms with van der Waals surface area (Å²) in [6.07, 6.45) is 3.90. The van der Waals surface area contributed by atoms with Gasteiger partial charge in [0.25, 0.3) is 5.91 Å². The molecule has 1 atom stereocenters. The molecule has 0 bridgehead atoms. The number of nitrogens with zero attached hydrogens (tertiary/aromatic N) is 3. The molecule has 0 spiro atoms. The average Bonchev–Trinajstić information content (AvgIpc) is 2.97. The van der Waals surface area contributed by atoms with Crippen molar-refractivity contribution in [2.75, 3.05) is 56.9 Å². The molecule has 3 rings (SSSR count). The number of sulfonamides is 1. The van der Waals surface area contributed by atoms with Crippen LogP contribution in [0.3, 0.4) is 0 Å². The van der Waals surface area contributed by atoms with Crippen LogP contribution in [0.5, 0.6) is 0 Å². The second-order valence-corrected chi connectivity index (χ2v) is 9.92. The van der Waals surface area contributed by atoms with Crippen molar-refractivity contribution < 1.29 is 13.2 Å². The topological polar surface area (TPSA) is 73.0 Å². The summed E-state index contributed by atoms with van der Waals surface area (Å²) in [5, 5.41) is 2.99. The van der Waals surface area contributed by atoms with Crippen LogP contribution in [0.15, 0.2) is 18.2 Å². The molecule has 0 radical (unpaired) electrons. The van der Waals surface area contributed by atoms with Crippen molar-refractivity contribution in [1.29, 1.82) is 0 Å². The highest BCUT2D eigenvalue weighted by Crippen LogP contribution is 2.34. The molecule has 0 saturated carbocycles. The fourth-order valence-corrected chi connectivity index (χ4v) is 5.35. The first-order chi connectivity index (χ1) is 13.3. The fraction of sp³-hybridized carbons (Fsp3) is 0.650. The van der Waals surface area contributed by atoms with Gasteiger partial charge in [-0.25, -0.2) is 8.42 Å². The van der Waals surface area contributed by atoms with Gasteiger partial charge in [0.15, 0.2) is 0 Å². The van der Waals surface area contributed by atoms with Gasteiger partial charge >= 0.3 is 0 Å². The normalized spacial score (nSPS) is 21.0. The van der Waals surface area contributed by atoms with E-state index in [4.69, 9.17) is 0 Å². The lowest BCUT2D eigenvalue weighted by atomic mass is 10.1. The average molecular weight is 409 g/mol. The van der Waals surface area contributed by atoms with E-state index in [1.54, 1.807) is 12.1 Å². The Bertz CT molecular complexity index is 804. The van der Waals surface area contributed by atoms with E-state index >= 15 is 0 Å². The predicted molar refractivity (Wildman–Crippen MR) is 112 cm³/mol. The van der Waals surface area contributed by atoms with Gasteiger partial charge in [0.1, 0.15) is 0 Å². The van der Waals surface area contributed by atoms with Crippen LogP contribution in [-0.4, -0.2) is 82.7 Å². The third-order valence-corrected chi connectivity index (χ3v) is 6.91. The van der Waals surface area contributed by atoms with Gasteiger partial charge in [0, 0.05) is 44.3 Å². The molecule has 8 heteroatoms. The number of carbonyl (C=O) groups is 1. The maximum absolute atomic E-state index is 12.4. The second kappa shape index (κ2) is 8.80. The Morgan fingerprint density at radius 2 is 1.89 bits per heavy atom. The van der Waals surface area contributed by atoms with Crippen molar-refractivity contribution in [2.24, 2.45) is 0 Å². The summed E-state index contributed by atoms with van der Waals surface area (Å²) in [6, 6.07) is 5.19. The number of benzene rings is 1. The summed E-state index contributed by atoms with van der Waals surface area (Å²) in [6.45, 7) is 8.15. The lowest BCUT2D eigenvalue weighted by Gasteiger charge is -2.32. The molecule has 0 aliphatic carbocycles. The largest absolute Gasteiger partial charge is 0.352 e. The smallest absolute Gasteiger partial charge is 0.251 e. The van der Waals surface area contributed by atoms with E-state index in [1.807, 2.05) is 13.0 Å². The molecule has 2 heterocycles. The first-order valence-corrected chi connectivity index (χ1v) is 11.9. The standard InChI is InChI=1S/C20H32N4O3S/c1-16-14-18-15-17(6-7-19(18)24(16)28(3,26)27)20(25)21-8-4-5-9-23-12-10-22(2)11-13-23/h6-7,15-16H,4-5,8-14H2,1-3H3,(H,21,25). The van der Waals surface area contributed by atoms with E-state index < -0.39 is 10.0 Å². The predicted octanol–water partition coefficient (Wildman–Crippen LogP) is 1.15. The molecule has 1 N–H and O–H groups in total. The van der Waals surface area contributed by atoms with Crippen molar-refractivity contribution in [3.05, 3.63) is 29.3 Å². The van der Waals surface area contributed by atoms with Crippen molar-refractivity contribution in [1.82, 2.24) is 15.1 Å². The van der Waals surface area contributed by atoms with Crippen LogP contribution < -0.4 is 9.62 Å². The Balaban J connectivity index is 1.46. The summed E-state index contributed by atoms with van der Waals surface area (Å²) >= 11 is 0. The number of amides is 1. The van der Waals surface area contributed by atoms with Gasteiger partial charge in [-0.15, -0.1) is 0 Å². The number of nitrogens with one attached hydrogen (secondary N) is 1. The van der Waals surface area contributed by atoms with E-state index in [2.05, 4.69) is 22.2 Å². The van der Waals surface area contributed by atoms with Crippen molar-refractivity contribution >= 4 is 21.6 Å². The third-order valence-electron chi connectivity index (χ3n) is 5.63. The van der Waals surface area contributed by atoms with Gasteiger partial charge < -0.3 is 15.1 Å². The highest BCUT2D eigenvalue weighted by molar-refractivity contribution is 7.92. The molecule has 1 saturated heterocycles. The molecule has 1 amide bonds. The molecule has 2 aliphatic heterocycles. The molecule has 1 fully saturated rings. The molecule has 0 aromatic heterocycles. The van der Waals surface area contributed by atoms with Gasteiger partial charge in [-0.05, 0) is 63.5 Å². The summed E-state index contributed by atoms with van der Waals surface area (Å²) in [4.78, 5) is 17.3. The van der Waals surface area contributed by atoms with Crippen LogP contribution in [0.1, 0.15) is 35.7 Å². The van der Waals surface area contributed by atoms with E-state index in [1.165, 1.54) is 10.6 Å². The quantitative estimate of drug-likeness (QED) is 0.686. The third kappa shape index (κ3) is 5.04. The molecular weight excluding hydrogens is 376 g/mol. The first kappa shape index (κ1) is 21.1. The minimum absolute atomic E-state index is 0.0899. The van der Waals surface area contributed by atoms with Crippen LogP contribution in [0.2, 0.25) is 0 Å². The van der Waals surface area contributed by atoms with Gasteiger partial charge in [-0.3, -0.25) is 9.10 Å². The van der Waals surface area contributed by atoms with E-state index in [-0.39, 0.29) is 11.9 Å². The number of likely N-dealkylation sites (N-methyl/N-ethyl adjacent to an activating group) is 1. The fourth-order valence-electron chi connectivity index (χ4n) is 4.09. The van der Waals surface area contributed by atoms with Crippen molar-refractivity contribution in [3.63, 3.8) is 0 Å². The molecule has 1 aromatic carbocycles.